The fraction of sp³-hybridized carbons (Fsp3) is 0.500. The number of aryl methyl sites for hydroxylation is 1. The van der Waals surface area contributed by atoms with Gasteiger partial charge in [-0.05, 0) is 60.4 Å². The molecule has 1 aromatic carbocycles. The van der Waals surface area contributed by atoms with E-state index in [1.54, 1.807) is 0 Å². The Hall–Kier alpha value is -0.870. The molecule has 1 aliphatic rings. The third-order valence-electron chi connectivity index (χ3n) is 3.43. The molecular formula is C14H19BrN2O. The molecule has 1 saturated heterocycles. The summed E-state index contributed by atoms with van der Waals surface area (Å²) in [7, 11) is 1.93. The molecule has 98 valence electrons. The van der Waals surface area contributed by atoms with Crippen LogP contribution < -0.4 is 5.32 Å². The van der Waals surface area contributed by atoms with Crippen molar-refractivity contribution in [3.8, 4) is 0 Å². The Labute approximate surface area is 117 Å². The monoisotopic (exact) mass is 310 g/mol. The number of benzene rings is 1. The first kappa shape index (κ1) is 13.6. The highest BCUT2D eigenvalue weighted by Crippen LogP contribution is 2.24. The minimum atomic E-state index is 0.139. The number of amides is 1. The van der Waals surface area contributed by atoms with E-state index in [0.717, 1.165) is 41.5 Å². The number of hydrogen-bond donors (Lipinski definition) is 1. The van der Waals surface area contributed by atoms with Crippen LogP contribution in [-0.2, 0) is 0 Å². The molecule has 1 fully saturated rings. The van der Waals surface area contributed by atoms with E-state index in [-0.39, 0.29) is 5.91 Å². The summed E-state index contributed by atoms with van der Waals surface area (Å²) >= 11 is 3.49. The molecule has 0 aromatic heterocycles. The van der Waals surface area contributed by atoms with Crippen LogP contribution in [-0.4, -0.2) is 37.0 Å². The standard InChI is InChI=1S/C14H19BrN2O/c1-10-5-6-12(13(15)8-10)14(18)17-7-3-4-11(17)9-16-2/h5-6,8,11,16H,3-4,7,9H2,1-2H3. The summed E-state index contributed by atoms with van der Waals surface area (Å²) in [5.41, 5.74) is 1.93. The van der Waals surface area contributed by atoms with E-state index in [1.165, 1.54) is 0 Å². The molecule has 1 amide bonds. The molecule has 1 atom stereocenters. The molecule has 1 aromatic rings. The summed E-state index contributed by atoms with van der Waals surface area (Å²) in [6.07, 6.45) is 2.19. The van der Waals surface area contributed by atoms with E-state index in [0.29, 0.717) is 6.04 Å². The Morgan fingerprint density at radius 3 is 3.00 bits per heavy atom. The first-order valence-electron chi connectivity index (χ1n) is 6.35. The van der Waals surface area contributed by atoms with Gasteiger partial charge in [0.25, 0.3) is 5.91 Å². The average Bonchev–Trinajstić information content (AvgIpc) is 2.77. The van der Waals surface area contributed by atoms with Gasteiger partial charge in [-0.3, -0.25) is 4.79 Å². The molecule has 2 rings (SSSR count). The van der Waals surface area contributed by atoms with Gasteiger partial charge in [0.05, 0.1) is 5.56 Å². The van der Waals surface area contributed by atoms with E-state index < -0.39 is 0 Å². The zero-order chi connectivity index (χ0) is 13.1. The van der Waals surface area contributed by atoms with Crippen molar-refractivity contribution in [3.63, 3.8) is 0 Å². The number of likely N-dealkylation sites (tertiary alicyclic amines) is 1. The van der Waals surface area contributed by atoms with Gasteiger partial charge in [-0.1, -0.05) is 6.07 Å². The normalized spacial score (nSPS) is 19.3. The lowest BCUT2D eigenvalue weighted by Gasteiger charge is -2.25. The van der Waals surface area contributed by atoms with Crippen molar-refractivity contribution < 1.29 is 4.79 Å². The van der Waals surface area contributed by atoms with Crippen LogP contribution >= 0.6 is 15.9 Å². The van der Waals surface area contributed by atoms with E-state index in [1.807, 2.05) is 37.1 Å². The Balaban J connectivity index is 2.20. The second kappa shape index (κ2) is 5.85. The van der Waals surface area contributed by atoms with E-state index in [9.17, 15) is 4.79 Å². The van der Waals surface area contributed by atoms with Crippen molar-refractivity contribution >= 4 is 21.8 Å². The van der Waals surface area contributed by atoms with E-state index in [4.69, 9.17) is 0 Å². The molecule has 18 heavy (non-hydrogen) atoms. The Morgan fingerprint density at radius 1 is 1.56 bits per heavy atom. The van der Waals surface area contributed by atoms with Crippen molar-refractivity contribution in [1.29, 1.82) is 0 Å². The van der Waals surface area contributed by atoms with Gasteiger partial charge in [0.1, 0.15) is 0 Å². The average molecular weight is 311 g/mol. The molecule has 4 heteroatoms. The minimum Gasteiger partial charge on any atom is -0.334 e. The number of carbonyl (C=O) groups is 1. The molecule has 1 N–H and O–H groups in total. The van der Waals surface area contributed by atoms with Gasteiger partial charge in [-0.15, -0.1) is 0 Å². The maximum absolute atomic E-state index is 12.5. The fourth-order valence-electron chi connectivity index (χ4n) is 2.50. The van der Waals surface area contributed by atoms with Crippen LogP contribution in [0.5, 0.6) is 0 Å². The molecule has 1 aliphatic heterocycles. The summed E-state index contributed by atoms with van der Waals surface area (Å²) in [4.78, 5) is 14.5. The van der Waals surface area contributed by atoms with Crippen LogP contribution in [0.4, 0.5) is 0 Å². The van der Waals surface area contributed by atoms with Crippen LogP contribution in [0, 0.1) is 6.92 Å². The van der Waals surface area contributed by atoms with Crippen LogP contribution in [0.25, 0.3) is 0 Å². The summed E-state index contributed by atoms with van der Waals surface area (Å²) in [6.45, 7) is 3.76. The van der Waals surface area contributed by atoms with Gasteiger partial charge in [-0.2, -0.15) is 0 Å². The van der Waals surface area contributed by atoms with E-state index in [2.05, 4.69) is 21.2 Å². The number of nitrogens with one attached hydrogen (secondary N) is 1. The Morgan fingerprint density at radius 2 is 2.33 bits per heavy atom. The van der Waals surface area contributed by atoms with Crippen LogP contribution in [0.15, 0.2) is 22.7 Å². The molecule has 0 radical (unpaired) electrons. The molecule has 0 bridgehead atoms. The zero-order valence-corrected chi connectivity index (χ0v) is 12.5. The van der Waals surface area contributed by atoms with Gasteiger partial charge in [0, 0.05) is 23.6 Å². The van der Waals surface area contributed by atoms with Gasteiger partial charge in [0.15, 0.2) is 0 Å². The second-order valence-electron chi connectivity index (χ2n) is 4.84. The quantitative estimate of drug-likeness (QED) is 0.930. The van der Waals surface area contributed by atoms with Gasteiger partial charge in [-0.25, -0.2) is 0 Å². The number of likely N-dealkylation sites (N-methyl/N-ethyl adjacent to an activating group) is 1. The number of nitrogens with zero attached hydrogens (tertiary/aromatic N) is 1. The van der Waals surface area contributed by atoms with Crippen molar-refractivity contribution in [2.75, 3.05) is 20.1 Å². The van der Waals surface area contributed by atoms with Crippen LogP contribution in [0.2, 0.25) is 0 Å². The second-order valence-corrected chi connectivity index (χ2v) is 5.69. The minimum absolute atomic E-state index is 0.139. The predicted octanol–water partition coefficient (Wildman–Crippen LogP) is 2.58. The lowest BCUT2D eigenvalue weighted by molar-refractivity contribution is 0.0736. The summed E-state index contributed by atoms with van der Waals surface area (Å²) < 4.78 is 0.891. The smallest absolute Gasteiger partial charge is 0.255 e. The third kappa shape index (κ3) is 2.75. The molecular weight excluding hydrogens is 292 g/mol. The Kier molecular flexibility index (Phi) is 4.40. The topological polar surface area (TPSA) is 32.3 Å². The van der Waals surface area contributed by atoms with Crippen LogP contribution in [0.1, 0.15) is 28.8 Å². The summed E-state index contributed by atoms with van der Waals surface area (Å²) in [5, 5.41) is 3.16. The van der Waals surface area contributed by atoms with Crippen molar-refractivity contribution in [1.82, 2.24) is 10.2 Å². The predicted molar refractivity (Wildman–Crippen MR) is 76.9 cm³/mol. The first-order valence-corrected chi connectivity index (χ1v) is 7.14. The highest BCUT2D eigenvalue weighted by Gasteiger charge is 2.29. The van der Waals surface area contributed by atoms with Gasteiger partial charge < -0.3 is 10.2 Å². The molecule has 0 spiro atoms. The third-order valence-corrected chi connectivity index (χ3v) is 4.09. The summed E-state index contributed by atoms with van der Waals surface area (Å²) in [5.74, 6) is 0.139. The zero-order valence-electron chi connectivity index (χ0n) is 10.9. The number of carbonyl (C=O) groups excluding carboxylic acids is 1. The maximum Gasteiger partial charge on any atom is 0.255 e. The van der Waals surface area contributed by atoms with Crippen LogP contribution in [0.3, 0.4) is 0 Å². The lowest BCUT2D eigenvalue weighted by Crippen LogP contribution is -2.40. The van der Waals surface area contributed by atoms with Gasteiger partial charge in [0.2, 0.25) is 0 Å². The largest absolute Gasteiger partial charge is 0.334 e. The highest BCUT2D eigenvalue weighted by atomic mass is 79.9. The van der Waals surface area contributed by atoms with Crippen molar-refractivity contribution in [2.45, 2.75) is 25.8 Å². The highest BCUT2D eigenvalue weighted by molar-refractivity contribution is 9.10. The SMILES string of the molecule is CNCC1CCCN1C(=O)c1ccc(C)cc1Br. The molecule has 0 saturated carbocycles. The molecule has 3 nitrogen and oxygen atoms in total. The fourth-order valence-corrected chi connectivity index (χ4v) is 3.16. The summed E-state index contributed by atoms with van der Waals surface area (Å²) in [6, 6.07) is 6.23. The van der Waals surface area contributed by atoms with Gasteiger partial charge >= 0.3 is 0 Å². The van der Waals surface area contributed by atoms with E-state index >= 15 is 0 Å². The molecule has 0 aliphatic carbocycles. The number of rotatable bonds is 3. The van der Waals surface area contributed by atoms with Crippen molar-refractivity contribution in [3.05, 3.63) is 33.8 Å². The molecule has 1 heterocycles. The maximum atomic E-state index is 12.5. The Bertz CT molecular complexity index is 447. The lowest BCUT2D eigenvalue weighted by atomic mass is 10.1. The van der Waals surface area contributed by atoms with Crippen molar-refractivity contribution in [2.24, 2.45) is 0 Å². The first-order chi connectivity index (χ1) is 8.63. The molecule has 1 unspecified atom stereocenters. The number of hydrogen-bond acceptors (Lipinski definition) is 2. The number of halogens is 1.